The van der Waals surface area contributed by atoms with Gasteiger partial charge in [0, 0.05) is 43.1 Å². The van der Waals surface area contributed by atoms with E-state index in [1.165, 1.54) is 5.56 Å². The van der Waals surface area contributed by atoms with Crippen LogP contribution in [0.3, 0.4) is 0 Å². The van der Waals surface area contributed by atoms with Gasteiger partial charge in [-0.05, 0) is 54.4 Å². The van der Waals surface area contributed by atoms with Gasteiger partial charge in [0.15, 0.2) is 0 Å². The first-order chi connectivity index (χ1) is 16.5. The minimum Gasteiger partial charge on any atom is -0.376 e. The quantitative estimate of drug-likeness (QED) is 0.488. The van der Waals surface area contributed by atoms with Gasteiger partial charge in [0.1, 0.15) is 0 Å². The number of carbonyl (C=O) groups is 2. The maximum absolute atomic E-state index is 12.6. The molecule has 7 heteroatoms. The molecule has 3 amide bonds. The number of rotatable bonds is 7. The van der Waals surface area contributed by atoms with Crippen molar-refractivity contribution in [3.05, 3.63) is 95.6 Å². The molecule has 1 heterocycles. The van der Waals surface area contributed by atoms with Gasteiger partial charge >= 0.3 is 6.03 Å². The summed E-state index contributed by atoms with van der Waals surface area (Å²) in [7, 11) is 0. The number of carbonyl (C=O) groups excluding carboxylic acids is 2. The van der Waals surface area contributed by atoms with E-state index in [9.17, 15) is 9.59 Å². The summed E-state index contributed by atoms with van der Waals surface area (Å²) in [4.78, 5) is 27.1. The summed E-state index contributed by atoms with van der Waals surface area (Å²) in [6.07, 6.45) is 0.260. The van der Waals surface area contributed by atoms with Gasteiger partial charge in [0.05, 0.1) is 12.7 Å². The van der Waals surface area contributed by atoms with Gasteiger partial charge in [-0.3, -0.25) is 9.69 Å². The Balaban J connectivity index is 1.26. The van der Waals surface area contributed by atoms with Gasteiger partial charge in [-0.1, -0.05) is 42.5 Å². The van der Waals surface area contributed by atoms with E-state index < -0.39 is 0 Å². The molecule has 3 aromatic carbocycles. The van der Waals surface area contributed by atoms with Crippen molar-refractivity contribution in [1.29, 1.82) is 0 Å². The van der Waals surface area contributed by atoms with E-state index in [0.717, 1.165) is 31.8 Å². The van der Waals surface area contributed by atoms with E-state index in [4.69, 9.17) is 4.74 Å². The van der Waals surface area contributed by atoms with Crippen molar-refractivity contribution < 1.29 is 14.3 Å². The highest BCUT2D eigenvalue weighted by atomic mass is 16.5. The number of anilines is 2. The summed E-state index contributed by atoms with van der Waals surface area (Å²) in [6.45, 7) is 6.06. The number of hydrogen-bond acceptors (Lipinski definition) is 4. The van der Waals surface area contributed by atoms with E-state index in [0.29, 0.717) is 23.5 Å². The molecule has 1 fully saturated rings. The molecule has 0 unspecified atom stereocenters. The van der Waals surface area contributed by atoms with Crippen LogP contribution >= 0.6 is 0 Å². The van der Waals surface area contributed by atoms with Gasteiger partial charge in [-0.15, -0.1) is 0 Å². The van der Waals surface area contributed by atoms with Gasteiger partial charge in [-0.25, -0.2) is 4.79 Å². The highest BCUT2D eigenvalue weighted by Gasteiger charge is 2.16. The average Bonchev–Trinajstić information content (AvgIpc) is 2.84. The van der Waals surface area contributed by atoms with Crippen LogP contribution in [0.1, 0.15) is 28.4 Å². The SMILES string of the molecule is C[C@@H]1CN(Cc2cccc(CNC(=O)c3ccc(NC(=O)Nc4ccccc4)cc3)c2)CCO1. The second-order valence-corrected chi connectivity index (χ2v) is 8.44. The molecule has 1 aliphatic rings. The molecular weight excluding hydrogens is 428 g/mol. The Labute approximate surface area is 200 Å². The fourth-order valence-electron chi connectivity index (χ4n) is 3.93. The molecular formula is C27H30N4O3. The maximum Gasteiger partial charge on any atom is 0.323 e. The number of nitrogens with zero attached hydrogens (tertiary/aromatic N) is 1. The van der Waals surface area contributed by atoms with Crippen LogP contribution < -0.4 is 16.0 Å². The molecule has 3 aromatic rings. The molecule has 1 aliphatic heterocycles. The Bertz CT molecular complexity index is 1100. The van der Waals surface area contributed by atoms with E-state index in [2.05, 4.69) is 39.9 Å². The lowest BCUT2D eigenvalue weighted by molar-refractivity contribution is -0.0212. The van der Waals surface area contributed by atoms with E-state index >= 15 is 0 Å². The maximum atomic E-state index is 12.6. The third kappa shape index (κ3) is 6.91. The predicted octanol–water partition coefficient (Wildman–Crippen LogP) is 4.48. The minimum absolute atomic E-state index is 0.160. The standard InChI is InChI=1S/C27H30N4O3/c1-20-18-31(14-15-34-20)19-22-7-5-6-21(16-22)17-28-26(32)23-10-12-25(13-11-23)30-27(33)29-24-8-3-2-4-9-24/h2-13,16,20H,14-15,17-19H2,1H3,(H,28,32)(H2,29,30,33)/t20-/m1/s1. The molecule has 0 aromatic heterocycles. The van der Waals surface area contributed by atoms with Crippen LogP contribution in [0.5, 0.6) is 0 Å². The lowest BCUT2D eigenvalue weighted by Gasteiger charge is -2.31. The van der Waals surface area contributed by atoms with Crippen LogP contribution in [0.25, 0.3) is 0 Å². The predicted molar refractivity (Wildman–Crippen MR) is 134 cm³/mol. The van der Waals surface area contributed by atoms with Crippen LogP contribution in [-0.2, 0) is 17.8 Å². The monoisotopic (exact) mass is 458 g/mol. The number of nitrogens with one attached hydrogen (secondary N) is 3. The zero-order chi connectivity index (χ0) is 23.8. The normalized spacial score (nSPS) is 16.0. The Morgan fingerprint density at radius 1 is 0.912 bits per heavy atom. The first-order valence-electron chi connectivity index (χ1n) is 11.5. The Morgan fingerprint density at radius 3 is 2.35 bits per heavy atom. The molecule has 0 bridgehead atoms. The lowest BCUT2D eigenvalue weighted by atomic mass is 10.1. The Hall–Kier alpha value is -3.68. The Kier molecular flexibility index (Phi) is 7.91. The summed E-state index contributed by atoms with van der Waals surface area (Å²) in [5.74, 6) is -0.160. The second-order valence-electron chi connectivity index (χ2n) is 8.44. The average molecular weight is 459 g/mol. The third-order valence-electron chi connectivity index (χ3n) is 5.61. The van der Waals surface area contributed by atoms with Crippen molar-refractivity contribution >= 4 is 23.3 Å². The number of urea groups is 1. The highest BCUT2D eigenvalue weighted by molar-refractivity contribution is 6.00. The summed E-state index contributed by atoms with van der Waals surface area (Å²) in [5.41, 5.74) is 4.13. The molecule has 4 rings (SSSR count). The molecule has 34 heavy (non-hydrogen) atoms. The van der Waals surface area contributed by atoms with E-state index in [1.54, 1.807) is 24.3 Å². The van der Waals surface area contributed by atoms with Crippen molar-refractivity contribution in [2.24, 2.45) is 0 Å². The largest absolute Gasteiger partial charge is 0.376 e. The summed E-state index contributed by atoms with van der Waals surface area (Å²) >= 11 is 0. The molecule has 0 saturated carbocycles. The molecule has 0 radical (unpaired) electrons. The van der Waals surface area contributed by atoms with E-state index in [1.807, 2.05) is 42.5 Å². The molecule has 3 N–H and O–H groups in total. The van der Waals surface area contributed by atoms with Gasteiger partial charge in [0.2, 0.25) is 0 Å². The van der Waals surface area contributed by atoms with Crippen LogP contribution in [0.15, 0.2) is 78.9 Å². The topological polar surface area (TPSA) is 82.7 Å². The molecule has 0 spiro atoms. The number of amides is 3. The van der Waals surface area contributed by atoms with E-state index in [-0.39, 0.29) is 18.0 Å². The number of ether oxygens (including phenoxy) is 1. The fraction of sp³-hybridized carbons (Fsp3) is 0.259. The Morgan fingerprint density at radius 2 is 1.62 bits per heavy atom. The lowest BCUT2D eigenvalue weighted by Crippen LogP contribution is -2.40. The van der Waals surface area contributed by atoms with Gasteiger partial charge in [0.25, 0.3) is 5.91 Å². The summed E-state index contributed by atoms with van der Waals surface area (Å²) in [6, 6.07) is 24.0. The third-order valence-corrected chi connectivity index (χ3v) is 5.61. The number of benzene rings is 3. The molecule has 7 nitrogen and oxygen atoms in total. The smallest absolute Gasteiger partial charge is 0.323 e. The molecule has 1 saturated heterocycles. The second kappa shape index (κ2) is 11.4. The van der Waals surface area contributed by atoms with Crippen LogP contribution in [0.4, 0.5) is 16.2 Å². The van der Waals surface area contributed by atoms with Crippen LogP contribution in [0.2, 0.25) is 0 Å². The van der Waals surface area contributed by atoms with Gasteiger partial charge < -0.3 is 20.7 Å². The summed E-state index contributed by atoms with van der Waals surface area (Å²) < 4.78 is 5.61. The highest BCUT2D eigenvalue weighted by Crippen LogP contribution is 2.14. The first-order valence-corrected chi connectivity index (χ1v) is 11.5. The van der Waals surface area contributed by atoms with Gasteiger partial charge in [-0.2, -0.15) is 0 Å². The van der Waals surface area contributed by atoms with Crippen LogP contribution in [-0.4, -0.2) is 42.6 Å². The number of morpholine rings is 1. The minimum atomic E-state index is -0.338. The zero-order valence-corrected chi connectivity index (χ0v) is 19.3. The molecule has 1 atom stereocenters. The van der Waals surface area contributed by atoms with Crippen molar-refractivity contribution in [1.82, 2.24) is 10.2 Å². The van der Waals surface area contributed by atoms with Crippen molar-refractivity contribution in [2.45, 2.75) is 26.1 Å². The number of para-hydroxylation sites is 1. The van der Waals surface area contributed by atoms with Crippen molar-refractivity contribution in [3.63, 3.8) is 0 Å². The van der Waals surface area contributed by atoms with Crippen LogP contribution in [0, 0.1) is 0 Å². The van der Waals surface area contributed by atoms with Crippen molar-refractivity contribution in [2.75, 3.05) is 30.3 Å². The molecule has 176 valence electrons. The molecule has 0 aliphatic carbocycles. The summed E-state index contributed by atoms with van der Waals surface area (Å²) in [5, 5.41) is 8.50. The van der Waals surface area contributed by atoms with Crippen molar-refractivity contribution in [3.8, 4) is 0 Å². The number of hydrogen-bond donors (Lipinski definition) is 3. The fourth-order valence-corrected chi connectivity index (χ4v) is 3.93. The zero-order valence-electron chi connectivity index (χ0n) is 19.3. The first kappa shape index (κ1) is 23.5.